The third kappa shape index (κ3) is 14.4. The molecule has 0 radical (unpaired) electrons. The van der Waals surface area contributed by atoms with Crippen LogP contribution in [0, 0.1) is 0 Å². The quantitative estimate of drug-likeness (QED) is 0.444. The summed E-state index contributed by atoms with van der Waals surface area (Å²) in [7, 11) is 0. The largest absolute Gasteiger partial charge is 3.00 e. The number of hydrogen-bond acceptors (Lipinski definition) is 6. The molecular formula is C16H17MnN5OS2+. The number of pyridine rings is 2. The van der Waals surface area contributed by atoms with Gasteiger partial charge in [-0.3, -0.25) is 14.9 Å². The molecule has 0 saturated carbocycles. The van der Waals surface area contributed by atoms with Crippen LogP contribution in [0.15, 0.2) is 48.8 Å². The molecule has 0 atom stereocenters. The molecule has 0 saturated heterocycles. The smallest absolute Gasteiger partial charge is 0.753 e. The minimum absolute atomic E-state index is 0. The van der Waals surface area contributed by atoms with E-state index in [1.165, 1.54) is 10.3 Å². The molecule has 1 N–H and O–H groups in total. The van der Waals surface area contributed by atoms with Crippen LogP contribution in [0.4, 0.5) is 0 Å². The van der Waals surface area contributed by atoms with Gasteiger partial charge in [-0.25, -0.2) is 0 Å². The van der Waals surface area contributed by atoms with E-state index in [1.807, 2.05) is 36.4 Å². The summed E-state index contributed by atoms with van der Waals surface area (Å²) in [5.41, 5.74) is 2.00. The minimum Gasteiger partial charge on any atom is -0.753 e. The fourth-order valence-electron chi connectivity index (χ4n) is 1.80. The first-order valence-corrected chi connectivity index (χ1v) is 7.68. The number of aromatic nitrogens is 2. The van der Waals surface area contributed by atoms with Crippen molar-refractivity contribution in [2.24, 2.45) is 0 Å². The summed E-state index contributed by atoms with van der Waals surface area (Å²) in [6, 6.07) is 11.7. The number of nitrogens with zero attached hydrogens (tertiary/aromatic N) is 5. The molecular weight excluding hydrogens is 397 g/mol. The van der Waals surface area contributed by atoms with Gasteiger partial charge in [-0.05, 0) is 24.3 Å². The van der Waals surface area contributed by atoms with E-state index in [0.29, 0.717) is 6.54 Å². The molecule has 0 amide bonds. The molecule has 0 aliphatic carbocycles. The molecule has 0 spiro atoms. The van der Waals surface area contributed by atoms with Crippen molar-refractivity contribution in [3.05, 3.63) is 71.0 Å². The van der Waals surface area contributed by atoms with Crippen molar-refractivity contribution in [3.63, 3.8) is 0 Å². The summed E-state index contributed by atoms with van der Waals surface area (Å²) in [5.74, 6) is 0. The van der Waals surface area contributed by atoms with Gasteiger partial charge in [0.15, 0.2) is 0 Å². The Hall–Kier alpha value is -1.66. The van der Waals surface area contributed by atoms with Gasteiger partial charge in [0, 0.05) is 32.0 Å². The number of isothiocyanates is 2. The summed E-state index contributed by atoms with van der Waals surface area (Å²) in [4.78, 5) is 10.7. The van der Waals surface area contributed by atoms with E-state index in [9.17, 15) is 0 Å². The maximum Gasteiger partial charge on any atom is 3.00 e. The standard InChI is InChI=1S/C14H17N3O.2CNS.Mn/c18-10-9-17(11-13-5-1-3-7-15-13)12-14-6-2-4-8-16-14;2*2-1-3;/h1-8,18H,9-12H2;;;/q;2*-1;+3. The monoisotopic (exact) mass is 414 g/mol. The van der Waals surface area contributed by atoms with Crippen LogP contribution in [0.3, 0.4) is 0 Å². The van der Waals surface area contributed by atoms with Crippen LogP contribution in [0.5, 0.6) is 0 Å². The number of rotatable bonds is 6. The maximum absolute atomic E-state index is 9.11. The van der Waals surface area contributed by atoms with Crippen molar-refractivity contribution < 1.29 is 22.2 Å². The summed E-state index contributed by atoms with van der Waals surface area (Å²) < 4.78 is 0. The van der Waals surface area contributed by atoms with E-state index in [0.717, 1.165) is 24.5 Å². The third-order valence-corrected chi connectivity index (χ3v) is 2.64. The summed E-state index contributed by atoms with van der Waals surface area (Å²) in [6.07, 6.45) is 3.57. The first-order valence-electron chi connectivity index (χ1n) is 6.87. The first-order chi connectivity index (χ1) is 11.7. The van der Waals surface area contributed by atoms with Crippen molar-refractivity contribution in [1.82, 2.24) is 14.9 Å². The van der Waals surface area contributed by atoms with Gasteiger partial charge in [0.1, 0.15) is 0 Å². The Bertz CT molecular complexity index is 565. The molecule has 0 aliphatic rings. The molecule has 9 heteroatoms. The Morgan fingerprint density at radius 2 is 1.32 bits per heavy atom. The van der Waals surface area contributed by atoms with Gasteiger partial charge >= 0.3 is 17.1 Å². The second kappa shape index (κ2) is 18.7. The van der Waals surface area contributed by atoms with Crippen LogP contribution >= 0.6 is 24.4 Å². The van der Waals surface area contributed by atoms with Crippen molar-refractivity contribution >= 4 is 34.8 Å². The first kappa shape index (κ1) is 25.6. The van der Waals surface area contributed by atoms with Crippen LogP contribution in [-0.2, 0) is 30.2 Å². The molecule has 2 heterocycles. The topological polar surface area (TPSA) is 93.8 Å². The molecule has 2 aromatic rings. The molecule has 2 aromatic heterocycles. The Morgan fingerprint density at radius 3 is 1.60 bits per heavy atom. The van der Waals surface area contributed by atoms with Crippen LogP contribution in [0.2, 0.25) is 0 Å². The zero-order chi connectivity index (χ0) is 18.0. The van der Waals surface area contributed by atoms with Crippen LogP contribution in [0.1, 0.15) is 11.4 Å². The Balaban J connectivity index is 0. The molecule has 6 nitrogen and oxygen atoms in total. The Kier molecular flexibility index (Phi) is 19.1. The Morgan fingerprint density at radius 1 is 0.920 bits per heavy atom. The third-order valence-electron chi connectivity index (χ3n) is 2.64. The van der Waals surface area contributed by atoms with Gasteiger partial charge in [0.25, 0.3) is 0 Å². The number of aliphatic hydroxyl groups excluding tert-OH is 1. The van der Waals surface area contributed by atoms with Crippen LogP contribution in [-0.4, -0.2) is 43.4 Å². The predicted molar refractivity (Wildman–Crippen MR) is 102 cm³/mol. The van der Waals surface area contributed by atoms with E-state index < -0.39 is 0 Å². The van der Waals surface area contributed by atoms with Crippen LogP contribution in [0.25, 0.3) is 10.8 Å². The summed E-state index contributed by atoms with van der Waals surface area (Å²) in [6.45, 7) is 2.20. The van der Waals surface area contributed by atoms with Gasteiger partial charge in [-0.1, -0.05) is 36.6 Å². The zero-order valence-corrected chi connectivity index (χ0v) is 16.1. The van der Waals surface area contributed by atoms with E-state index in [4.69, 9.17) is 15.9 Å². The van der Waals surface area contributed by atoms with E-state index in [2.05, 4.69) is 39.3 Å². The fraction of sp³-hybridized carbons (Fsp3) is 0.250. The second-order valence-electron chi connectivity index (χ2n) is 4.26. The molecule has 0 unspecified atom stereocenters. The van der Waals surface area contributed by atoms with Crippen LogP contribution < -0.4 is 0 Å². The Labute approximate surface area is 168 Å². The number of hydrogen-bond donors (Lipinski definition) is 1. The molecule has 0 aliphatic heterocycles. The van der Waals surface area contributed by atoms with Gasteiger partial charge < -0.3 is 15.9 Å². The van der Waals surface area contributed by atoms with E-state index in [1.54, 1.807) is 12.4 Å². The van der Waals surface area contributed by atoms with E-state index in [-0.39, 0.29) is 23.7 Å². The second-order valence-corrected chi connectivity index (χ2v) is 4.62. The predicted octanol–water partition coefficient (Wildman–Crippen LogP) is 2.79. The van der Waals surface area contributed by atoms with Gasteiger partial charge in [-0.15, -0.1) is 0 Å². The van der Waals surface area contributed by atoms with Gasteiger partial charge in [0.05, 0.1) is 18.0 Å². The normalized spacial score (nSPS) is 8.40. The molecule has 0 fully saturated rings. The SMILES string of the molecule is OCCN(Cc1ccccn1)Cc1ccccn1.[Mn+3].[N-]=C=S.[N-]=C=S. The molecule has 0 aromatic carbocycles. The van der Waals surface area contributed by atoms with Crippen molar-refractivity contribution in [1.29, 1.82) is 0 Å². The molecule has 25 heavy (non-hydrogen) atoms. The fourth-order valence-corrected chi connectivity index (χ4v) is 1.80. The van der Waals surface area contributed by atoms with Crippen molar-refractivity contribution in [2.75, 3.05) is 13.2 Å². The minimum atomic E-state index is 0. The number of thiocarbonyl (C=S) groups is 2. The molecule has 0 bridgehead atoms. The van der Waals surface area contributed by atoms with Gasteiger partial charge in [-0.2, -0.15) is 10.3 Å². The van der Waals surface area contributed by atoms with Crippen molar-refractivity contribution in [2.45, 2.75) is 13.1 Å². The van der Waals surface area contributed by atoms with Gasteiger partial charge in [0.2, 0.25) is 0 Å². The zero-order valence-electron chi connectivity index (χ0n) is 13.3. The maximum atomic E-state index is 9.11. The molecule has 130 valence electrons. The van der Waals surface area contributed by atoms with Crippen molar-refractivity contribution in [3.8, 4) is 0 Å². The number of aliphatic hydroxyl groups is 1. The van der Waals surface area contributed by atoms with E-state index >= 15 is 0 Å². The average Bonchev–Trinajstić information content (AvgIpc) is 2.58. The summed E-state index contributed by atoms with van der Waals surface area (Å²) in [5, 5.41) is 26.0. The summed E-state index contributed by atoms with van der Waals surface area (Å²) >= 11 is 7.40. The molecule has 2 rings (SSSR count). The average molecular weight is 414 g/mol.